The van der Waals surface area contributed by atoms with Gasteiger partial charge in [-0.05, 0) is 61.0 Å². The molecule has 0 saturated heterocycles. The van der Waals surface area contributed by atoms with Gasteiger partial charge in [0.1, 0.15) is 11.4 Å². The first kappa shape index (κ1) is 29.1. The molecule has 1 aromatic heterocycles. The van der Waals surface area contributed by atoms with Crippen molar-refractivity contribution in [1.82, 2.24) is 10.3 Å². The van der Waals surface area contributed by atoms with Gasteiger partial charge in [0.25, 0.3) is 11.8 Å². The van der Waals surface area contributed by atoms with E-state index in [0.717, 1.165) is 4.90 Å². The van der Waals surface area contributed by atoms with Crippen molar-refractivity contribution in [3.8, 4) is 5.75 Å². The van der Waals surface area contributed by atoms with E-state index in [2.05, 4.69) is 20.9 Å². The summed E-state index contributed by atoms with van der Waals surface area (Å²) in [5.74, 6) is -0.494. The van der Waals surface area contributed by atoms with Crippen LogP contribution in [0.5, 0.6) is 5.75 Å². The molecule has 3 aromatic carbocycles. The van der Waals surface area contributed by atoms with Crippen molar-refractivity contribution in [1.29, 1.82) is 0 Å². The minimum absolute atomic E-state index is 0.0459. The highest BCUT2D eigenvalue weighted by atomic mass is 32.2. The largest absolute Gasteiger partial charge is 0.496 e. The van der Waals surface area contributed by atoms with Gasteiger partial charge < -0.3 is 20.7 Å². The molecule has 0 aliphatic heterocycles. The van der Waals surface area contributed by atoms with Crippen LogP contribution < -0.4 is 20.7 Å². The summed E-state index contributed by atoms with van der Waals surface area (Å²) in [6.45, 7) is 1.94. The smallest absolute Gasteiger partial charge is 0.272 e. The Bertz CT molecular complexity index is 1530. The number of carbonyl (C=O) groups is 3. The number of rotatable bonds is 11. The van der Waals surface area contributed by atoms with Crippen molar-refractivity contribution in [2.75, 3.05) is 17.7 Å². The number of methoxy groups -OCH3 is 1. The molecule has 1 heterocycles. The Hall–Kier alpha value is -4.89. The Balaban J connectivity index is 1.53. The average molecular weight is 567 g/mol. The maximum absolute atomic E-state index is 13.5. The summed E-state index contributed by atoms with van der Waals surface area (Å²) in [6.07, 6.45) is 5.42. The van der Waals surface area contributed by atoms with Crippen LogP contribution in [0, 0.1) is 0 Å². The molecule has 0 radical (unpaired) electrons. The fourth-order valence-corrected chi connectivity index (χ4v) is 4.89. The lowest BCUT2D eigenvalue weighted by atomic mass is 10.1. The third-order valence-corrected chi connectivity index (χ3v) is 7.31. The number of pyridine rings is 1. The number of hydrogen-bond donors (Lipinski definition) is 3. The second-order valence-electron chi connectivity index (χ2n) is 8.84. The third kappa shape index (κ3) is 8.30. The Morgan fingerprint density at radius 1 is 0.878 bits per heavy atom. The second kappa shape index (κ2) is 14.5. The van der Waals surface area contributed by atoms with E-state index in [1.165, 1.54) is 11.8 Å². The highest BCUT2D eigenvalue weighted by molar-refractivity contribution is 8.00. The van der Waals surface area contributed by atoms with Crippen LogP contribution in [0.15, 0.2) is 114 Å². The van der Waals surface area contributed by atoms with E-state index in [1.54, 1.807) is 92.3 Å². The molecule has 0 bridgehead atoms. The molecule has 41 heavy (non-hydrogen) atoms. The monoisotopic (exact) mass is 566 g/mol. The zero-order valence-corrected chi connectivity index (χ0v) is 23.5. The fourth-order valence-electron chi connectivity index (χ4n) is 3.87. The number of aromatic nitrogens is 1. The number of benzene rings is 3. The lowest BCUT2D eigenvalue weighted by Crippen LogP contribution is -2.30. The van der Waals surface area contributed by atoms with Crippen molar-refractivity contribution in [2.45, 2.75) is 23.5 Å². The van der Waals surface area contributed by atoms with Gasteiger partial charge in [-0.1, -0.05) is 49.4 Å². The summed E-state index contributed by atoms with van der Waals surface area (Å²) >= 11 is 1.40. The molecule has 0 spiro atoms. The molecule has 4 rings (SSSR count). The predicted octanol–water partition coefficient (Wildman–Crippen LogP) is 6.01. The number of carbonyl (C=O) groups excluding carboxylic acids is 3. The molecule has 208 valence electrons. The Morgan fingerprint density at radius 2 is 1.61 bits per heavy atom. The Morgan fingerprint density at radius 3 is 2.34 bits per heavy atom. The molecular formula is C32H30N4O4S. The molecule has 0 aliphatic rings. The predicted molar refractivity (Wildman–Crippen MR) is 163 cm³/mol. The number of ether oxygens (including phenoxy) is 1. The normalized spacial score (nSPS) is 11.7. The molecule has 0 saturated carbocycles. The number of hydrogen-bond acceptors (Lipinski definition) is 6. The van der Waals surface area contributed by atoms with Crippen LogP contribution in [-0.2, 0) is 9.59 Å². The summed E-state index contributed by atoms with van der Waals surface area (Å²) in [6, 6.07) is 26.6. The molecule has 9 heteroatoms. The first-order valence-corrected chi connectivity index (χ1v) is 13.8. The molecule has 0 fully saturated rings. The number of thioether (sulfide) groups is 1. The number of nitrogens with one attached hydrogen (secondary N) is 3. The Kier molecular flexibility index (Phi) is 10.3. The van der Waals surface area contributed by atoms with Gasteiger partial charge in [0.2, 0.25) is 5.91 Å². The summed E-state index contributed by atoms with van der Waals surface area (Å²) < 4.78 is 5.43. The van der Waals surface area contributed by atoms with Crippen LogP contribution in [0.2, 0.25) is 0 Å². The molecule has 1 atom stereocenters. The summed E-state index contributed by atoms with van der Waals surface area (Å²) in [5.41, 5.74) is 2.29. The van der Waals surface area contributed by atoms with Crippen LogP contribution in [0.25, 0.3) is 6.08 Å². The lowest BCUT2D eigenvalue weighted by molar-refractivity contribution is -0.116. The SMILES string of the molecule is CCC(Sc1cccc(NC(=O)/C(=C\c2ccccc2OC)NC(=O)c2ccccc2)c1)C(=O)Nc1ccncc1. The topological polar surface area (TPSA) is 109 Å². The molecule has 3 amide bonds. The summed E-state index contributed by atoms with van der Waals surface area (Å²) in [5, 5.41) is 8.18. The van der Waals surface area contributed by atoms with Gasteiger partial charge >= 0.3 is 0 Å². The van der Waals surface area contributed by atoms with Gasteiger partial charge in [-0.2, -0.15) is 0 Å². The molecule has 8 nitrogen and oxygen atoms in total. The fraction of sp³-hybridized carbons (Fsp3) is 0.125. The van der Waals surface area contributed by atoms with Crippen molar-refractivity contribution < 1.29 is 19.1 Å². The maximum atomic E-state index is 13.5. The van der Waals surface area contributed by atoms with Crippen molar-refractivity contribution in [3.05, 3.63) is 120 Å². The van der Waals surface area contributed by atoms with E-state index >= 15 is 0 Å². The minimum Gasteiger partial charge on any atom is -0.496 e. The molecule has 0 aliphatic carbocycles. The zero-order valence-electron chi connectivity index (χ0n) is 22.7. The van der Waals surface area contributed by atoms with Gasteiger partial charge in [0, 0.05) is 39.8 Å². The molecule has 3 N–H and O–H groups in total. The highest BCUT2D eigenvalue weighted by Gasteiger charge is 2.19. The zero-order chi connectivity index (χ0) is 29.0. The van der Waals surface area contributed by atoms with Crippen LogP contribution >= 0.6 is 11.8 Å². The van der Waals surface area contributed by atoms with Crippen LogP contribution in [0.3, 0.4) is 0 Å². The van der Waals surface area contributed by atoms with Gasteiger partial charge in [0.15, 0.2) is 0 Å². The van der Waals surface area contributed by atoms with Crippen molar-refractivity contribution >= 4 is 46.9 Å². The van der Waals surface area contributed by atoms with Gasteiger partial charge in [-0.25, -0.2) is 0 Å². The molecule has 1 unspecified atom stereocenters. The van der Waals surface area contributed by atoms with Crippen molar-refractivity contribution in [2.24, 2.45) is 0 Å². The van der Waals surface area contributed by atoms with Crippen molar-refractivity contribution in [3.63, 3.8) is 0 Å². The quantitative estimate of drug-likeness (QED) is 0.152. The average Bonchev–Trinajstić information content (AvgIpc) is 3.00. The highest BCUT2D eigenvalue weighted by Crippen LogP contribution is 2.29. The number of nitrogens with zero attached hydrogens (tertiary/aromatic N) is 1. The number of anilines is 2. The van der Waals surface area contributed by atoms with E-state index in [-0.39, 0.29) is 16.9 Å². The number of para-hydroxylation sites is 1. The third-order valence-electron chi connectivity index (χ3n) is 5.95. The summed E-state index contributed by atoms with van der Waals surface area (Å²) in [7, 11) is 1.54. The van der Waals surface area contributed by atoms with E-state index in [1.807, 2.05) is 31.2 Å². The Labute approximate surface area is 243 Å². The first-order valence-electron chi connectivity index (χ1n) is 13.0. The molecule has 4 aromatic rings. The second-order valence-corrected chi connectivity index (χ2v) is 10.1. The van der Waals surface area contributed by atoms with Crippen LogP contribution in [-0.4, -0.2) is 35.1 Å². The lowest BCUT2D eigenvalue weighted by Gasteiger charge is -2.16. The van der Waals surface area contributed by atoms with E-state index in [9.17, 15) is 14.4 Å². The molecular weight excluding hydrogens is 536 g/mol. The first-order chi connectivity index (χ1) is 20.0. The van der Waals surface area contributed by atoms with E-state index in [4.69, 9.17) is 4.74 Å². The summed E-state index contributed by atoms with van der Waals surface area (Å²) in [4.78, 5) is 44.1. The van der Waals surface area contributed by atoms with Crippen LogP contribution in [0.1, 0.15) is 29.3 Å². The number of amides is 3. The minimum atomic E-state index is -0.509. The van der Waals surface area contributed by atoms with E-state index < -0.39 is 11.8 Å². The van der Waals surface area contributed by atoms with Crippen LogP contribution in [0.4, 0.5) is 11.4 Å². The van der Waals surface area contributed by atoms with Gasteiger partial charge in [-0.15, -0.1) is 11.8 Å². The maximum Gasteiger partial charge on any atom is 0.272 e. The van der Waals surface area contributed by atoms with Gasteiger partial charge in [0.05, 0.1) is 12.4 Å². The standard InChI is InChI=1S/C32H30N4O4S/c1-3-29(32(39)34-24-16-18-33-19-17-24)41-26-14-9-13-25(21-26)35-31(38)27(20-23-12-7-8-15-28(23)40-2)36-30(37)22-10-5-4-6-11-22/h4-21,29H,3H2,1-2H3,(H,35,38)(H,36,37)(H,33,34,39)/b27-20+. The van der Waals surface area contributed by atoms with Gasteiger partial charge in [-0.3, -0.25) is 19.4 Å². The van der Waals surface area contributed by atoms with E-state index in [0.29, 0.717) is 34.7 Å².